The standard InChI is InChI=1S/C13H10Cl2O3/c14-10-1-3-11(4-2-10)18-13(15)7-5-9(6-8-13)12(16)17/h1-7H,8H2,(H,16,17). The van der Waals surface area contributed by atoms with Crippen LogP contribution in [0.2, 0.25) is 5.02 Å². The number of halogens is 2. The Morgan fingerprint density at radius 3 is 2.50 bits per heavy atom. The van der Waals surface area contributed by atoms with Gasteiger partial charge in [-0.2, -0.15) is 0 Å². The molecular formula is C13H10Cl2O3. The van der Waals surface area contributed by atoms with Crippen molar-refractivity contribution in [2.24, 2.45) is 0 Å². The second-order valence-electron chi connectivity index (χ2n) is 3.84. The van der Waals surface area contributed by atoms with Crippen LogP contribution in [0.5, 0.6) is 5.75 Å². The van der Waals surface area contributed by atoms with Crippen LogP contribution in [-0.4, -0.2) is 16.1 Å². The van der Waals surface area contributed by atoms with Gasteiger partial charge < -0.3 is 9.84 Å². The molecule has 0 spiro atoms. The minimum atomic E-state index is -1.05. The lowest BCUT2D eigenvalue weighted by molar-refractivity contribution is -0.132. The molecule has 0 aromatic heterocycles. The maximum atomic E-state index is 10.7. The van der Waals surface area contributed by atoms with Gasteiger partial charge in [0.25, 0.3) is 0 Å². The van der Waals surface area contributed by atoms with Gasteiger partial charge in [-0.1, -0.05) is 29.3 Å². The predicted molar refractivity (Wildman–Crippen MR) is 70.1 cm³/mol. The van der Waals surface area contributed by atoms with E-state index in [-0.39, 0.29) is 12.0 Å². The number of ether oxygens (including phenoxy) is 1. The second-order valence-corrected chi connectivity index (χ2v) is 4.92. The zero-order chi connectivity index (χ0) is 13.2. The third-order valence-electron chi connectivity index (χ3n) is 2.46. The lowest BCUT2D eigenvalue weighted by Crippen LogP contribution is -2.28. The summed E-state index contributed by atoms with van der Waals surface area (Å²) in [5.41, 5.74) is 0.214. The first-order valence-corrected chi connectivity index (χ1v) is 6.00. The van der Waals surface area contributed by atoms with E-state index in [0.29, 0.717) is 10.8 Å². The molecule has 1 aromatic rings. The van der Waals surface area contributed by atoms with Gasteiger partial charge in [-0.25, -0.2) is 4.79 Å². The van der Waals surface area contributed by atoms with Crippen LogP contribution in [-0.2, 0) is 4.79 Å². The molecule has 1 N–H and O–H groups in total. The Balaban J connectivity index is 2.09. The normalized spacial score (nSPS) is 22.4. The fourth-order valence-corrected chi connectivity index (χ4v) is 1.89. The summed E-state index contributed by atoms with van der Waals surface area (Å²) in [5.74, 6) is -0.400. The van der Waals surface area contributed by atoms with Crippen LogP contribution in [0.4, 0.5) is 0 Å². The quantitative estimate of drug-likeness (QED) is 0.863. The van der Waals surface area contributed by atoms with E-state index in [1.54, 1.807) is 24.3 Å². The van der Waals surface area contributed by atoms with Crippen LogP contribution in [0.1, 0.15) is 6.42 Å². The Morgan fingerprint density at radius 1 is 1.33 bits per heavy atom. The van der Waals surface area contributed by atoms with E-state index in [1.165, 1.54) is 18.2 Å². The van der Waals surface area contributed by atoms with Crippen LogP contribution >= 0.6 is 23.2 Å². The molecule has 18 heavy (non-hydrogen) atoms. The molecule has 94 valence electrons. The van der Waals surface area contributed by atoms with Crippen molar-refractivity contribution in [2.45, 2.75) is 11.5 Å². The van der Waals surface area contributed by atoms with Crippen molar-refractivity contribution >= 4 is 29.2 Å². The summed E-state index contributed by atoms with van der Waals surface area (Å²) < 4.78 is 5.61. The van der Waals surface area contributed by atoms with Crippen LogP contribution in [0.25, 0.3) is 0 Å². The fourth-order valence-electron chi connectivity index (χ4n) is 1.53. The number of carboxylic acids is 1. The summed E-state index contributed by atoms with van der Waals surface area (Å²) in [6.45, 7) is 0. The third-order valence-corrected chi connectivity index (χ3v) is 3.07. The molecular weight excluding hydrogens is 275 g/mol. The van der Waals surface area contributed by atoms with Crippen LogP contribution in [0.3, 0.4) is 0 Å². The minimum absolute atomic E-state index is 0.214. The number of benzene rings is 1. The number of hydrogen-bond donors (Lipinski definition) is 1. The molecule has 0 aliphatic heterocycles. The van der Waals surface area contributed by atoms with Gasteiger partial charge >= 0.3 is 5.97 Å². The first-order chi connectivity index (χ1) is 8.48. The van der Waals surface area contributed by atoms with Crippen molar-refractivity contribution in [1.82, 2.24) is 0 Å². The predicted octanol–water partition coefficient (Wildman–Crippen LogP) is 3.62. The molecule has 0 saturated carbocycles. The van der Waals surface area contributed by atoms with Crippen molar-refractivity contribution in [3.8, 4) is 5.75 Å². The van der Waals surface area contributed by atoms with E-state index in [0.717, 1.165) is 0 Å². The molecule has 0 saturated heterocycles. The lowest BCUT2D eigenvalue weighted by atomic mass is 10.0. The van der Waals surface area contributed by atoms with Gasteiger partial charge in [0.15, 0.2) is 0 Å². The fraction of sp³-hybridized carbons (Fsp3) is 0.154. The summed E-state index contributed by atoms with van der Waals surface area (Å²) in [4.78, 5) is 10.7. The van der Waals surface area contributed by atoms with E-state index in [1.807, 2.05) is 0 Å². The van der Waals surface area contributed by atoms with Gasteiger partial charge in [0.05, 0.1) is 5.57 Å². The van der Waals surface area contributed by atoms with Crippen LogP contribution < -0.4 is 4.74 Å². The highest BCUT2D eigenvalue weighted by Gasteiger charge is 2.28. The average Bonchev–Trinajstić information content (AvgIpc) is 2.32. The highest BCUT2D eigenvalue weighted by atomic mass is 35.5. The monoisotopic (exact) mass is 284 g/mol. The van der Waals surface area contributed by atoms with E-state index in [9.17, 15) is 4.79 Å². The Hall–Kier alpha value is -1.45. The minimum Gasteiger partial charge on any atom is -0.478 e. The molecule has 0 amide bonds. The van der Waals surface area contributed by atoms with Crippen molar-refractivity contribution < 1.29 is 14.6 Å². The summed E-state index contributed by atoms with van der Waals surface area (Å²) >= 11 is 12.0. The zero-order valence-electron chi connectivity index (χ0n) is 9.27. The molecule has 0 radical (unpaired) electrons. The molecule has 1 unspecified atom stereocenters. The molecule has 1 aliphatic carbocycles. The maximum Gasteiger partial charge on any atom is 0.335 e. The first kappa shape index (κ1) is 13.0. The molecule has 2 rings (SSSR count). The molecule has 1 atom stereocenters. The van der Waals surface area contributed by atoms with Gasteiger partial charge in [-0.05, 0) is 36.4 Å². The van der Waals surface area contributed by atoms with E-state index in [4.69, 9.17) is 33.0 Å². The lowest BCUT2D eigenvalue weighted by Gasteiger charge is -2.26. The van der Waals surface area contributed by atoms with Crippen molar-refractivity contribution in [3.63, 3.8) is 0 Å². The van der Waals surface area contributed by atoms with E-state index >= 15 is 0 Å². The topological polar surface area (TPSA) is 46.5 Å². The highest BCUT2D eigenvalue weighted by molar-refractivity contribution is 6.30. The zero-order valence-corrected chi connectivity index (χ0v) is 10.8. The maximum absolute atomic E-state index is 10.7. The number of alkyl halides is 1. The Kier molecular flexibility index (Phi) is 3.64. The summed E-state index contributed by atoms with van der Waals surface area (Å²) in [6, 6.07) is 6.80. The first-order valence-electron chi connectivity index (χ1n) is 5.25. The number of aliphatic carboxylic acids is 1. The van der Waals surface area contributed by atoms with Gasteiger partial charge in [0.1, 0.15) is 5.75 Å². The van der Waals surface area contributed by atoms with E-state index < -0.39 is 11.0 Å². The molecule has 0 fully saturated rings. The Morgan fingerprint density at radius 2 is 2.00 bits per heavy atom. The van der Waals surface area contributed by atoms with Gasteiger partial charge in [-0.3, -0.25) is 0 Å². The number of hydrogen-bond acceptors (Lipinski definition) is 2. The number of carboxylic acid groups (broad SMARTS) is 1. The van der Waals surface area contributed by atoms with Gasteiger partial charge in [0.2, 0.25) is 5.06 Å². The summed E-state index contributed by atoms with van der Waals surface area (Å²) in [7, 11) is 0. The van der Waals surface area contributed by atoms with Crippen molar-refractivity contribution in [1.29, 1.82) is 0 Å². The molecule has 1 aliphatic rings. The number of rotatable bonds is 3. The Bertz CT molecular complexity index is 520. The third kappa shape index (κ3) is 3.06. The molecule has 3 nitrogen and oxygen atoms in total. The average molecular weight is 285 g/mol. The SMILES string of the molecule is O=C(O)C1=CCC(Cl)(Oc2ccc(Cl)cc2)C=C1. The van der Waals surface area contributed by atoms with Gasteiger partial charge in [0, 0.05) is 11.4 Å². The second kappa shape index (κ2) is 5.04. The molecule has 0 bridgehead atoms. The van der Waals surface area contributed by atoms with Crippen molar-refractivity contribution in [2.75, 3.05) is 0 Å². The van der Waals surface area contributed by atoms with E-state index in [2.05, 4.69) is 0 Å². The summed E-state index contributed by atoms with van der Waals surface area (Å²) in [5, 5.41) is 8.37. The number of carbonyl (C=O) groups is 1. The molecule has 1 aromatic carbocycles. The molecule has 5 heteroatoms. The van der Waals surface area contributed by atoms with Crippen LogP contribution in [0, 0.1) is 0 Å². The van der Waals surface area contributed by atoms with Crippen LogP contribution in [0.15, 0.2) is 48.1 Å². The van der Waals surface area contributed by atoms with Gasteiger partial charge in [-0.15, -0.1) is 0 Å². The Labute approximate surface area is 114 Å². The molecule has 0 heterocycles. The smallest absolute Gasteiger partial charge is 0.335 e. The highest BCUT2D eigenvalue weighted by Crippen LogP contribution is 2.31. The van der Waals surface area contributed by atoms with Crippen molar-refractivity contribution in [3.05, 3.63) is 53.1 Å². The largest absolute Gasteiger partial charge is 0.478 e. The summed E-state index contributed by atoms with van der Waals surface area (Å²) in [6.07, 6.45) is 4.79.